The van der Waals surface area contributed by atoms with Crippen LogP contribution in [-0.4, -0.2) is 21.6 Å². The Morgan fingerprint density at radius 2 is 1.88 bits per heavy atom. The maximum Gasteiger partial charge on any atom is 0.269 e. The Bertz CT molecular complexity index is 933. The second-order valence-electron chi connectivity index (χ2n) is 5.60. The SMILES string of the molecule is CC(=O)N1N=C(c2ccc([N+](=O)[O-])cc2)c2cc(Cl)ccc2C=C1C. The maximum atomic E-state index is 12.0. The predicted octanol–water partition coefficient (Wildman–Crippen LogP) is 4.22. The van der Waals surface area contributed by atoms with E-state index in [1.165, 1.54) is 24.1 Å². The molecule has 0 saturated heterocycles. The number of nitro benzene ring substituents is 1. The molecule has 0 atom stereocenters. The lowest BCUT2D eigenvalue weighted by Crippen LogP contribution is -2.22. The van der Waals surface area contributed by atoms with E-state index in [-0.39, 0.29) is 11.6 Å². The summed E-state index contributed by atoms with van der Waals surface area (Å²) in [5.74, 6) is -0.230. The minimum absolute atomic E-state index is 0.0120. The van der Waals surface area contributed by atoms with Crippen LogP contribution in [0.25, 0.3) is 6.08 Å². The molecule has 25 heavy (non-hydrogen) atoms. The number of allylic oxidation sites excluding steroid dienone is 1. The van der Waals surface area contributed by atoms with Gasteiger partial charge in [0.1, 0.15) is 0 Å². The number of non-ortho nitro benzene ring substituents is 1. The fraction of sp³-hybridized carbons (Fsp3) is 0.111. The van der Waals surface area contributed by atoms with E-state index in [9.17, 15) is 14.9 Å². The normalized spacial score (nSPS) is 13.5. The van der Waals surface area contributed by atoms with Gasteiger partial charge in [-0.05, 0) is 42.8 Å². The van der Waals surface area contributed by atoms with Crippen LogP contribution < -0.4 is 0 Å². The molecule has 0 aromatic heterocycles. The van der Waals surface area contributed by atoms with Crippen LogP contribution in [-0.2, 0) is 4.79 Å². The highest BCUT2D eigenvalue weighted by Crippen LogP contribution is 2.27. The maximum absolute atomic E-state index is 12.0. The van der Waals surface area contributed by atoms with Crippen molar-refractivity contribution in [3.05, 3.63) is 80.0 Å². The molecule has 6 nitrogen and oxygen atoms in total. The number of nitrogens with zero attached hydrogens (tertiary/aromatic N) is 3. The van der Waals surface area contributed by atoms with Gasteiger partial charge >= 0.3 is 0 Å². The first kappa shape index (κ1) is 16.9. The molecule has 3 rings (SSSR count). The summed E-state index contributed by atoms with van der Waals surface area (Å²) in [7, 11) is 0. The lowest BCUT2D eigenvalue weighted by atomic mass is 9.97. The van der Waals surface area contributed by atoms with Crippen LogP contribution in [0.4, 0.5) is 5.69 Å². The third-order valence-corrected chi connectivity index (χ3v) is 4.05. The van der Waals surface area contributed by atoms with Crippen LogP contribution in [0.3, 0.4) is 0 Å². The highest BCUT2D eigenvalue weighted by Gasteiger charge is 2.21. The van der Waals surface area contributed by atoms with Crippen molar-refractivity contribution in [3.63, 3.8) is 0 Å². The molecule has 1 aliphatic rings. The smallest absolute Gasteiger partial charge is 0.269 e. The third kappa shape index (κ3) is 3.29. The summed E-state index contributed by atoms with van der Waals surface area (Å²) < 4.78 is 0. The molecule has 2 aromatic rings. The zero-order valence-corrected chi connectivity index (χ0v) is 14.3. The van der Waals surface area contributed by atoms with Gasteiger partial charge in [0, 0.05) is 40.9 Å². The fourth-order valence-corrected chi connectivity index (χ4v) is 2.82. The van der Waals surface area contributed by atoms with E-state index >= 15 is 0 Å². The average Bonchev–Trinajstić information content (AvgIpc) is 2.71. The zero-order valence-electron chi connectivity index (χ0n) is 13.6. The van der Waals surface area contributed by atoms with Crippen molar-refractivity contribution in [2.75, 3.05) is 0 Å². The Kier molecular flexibility index (Phi) is 4.37. The first-order valence-electron chi connectivity index (χ1n) is 7.49. The van der Waals surface area contributed by atoms with Crippen molar-refractivity contribution in [2.45, 2.75) is 13.8 Å². The van der Waals surface area contributed by atoms with Crippen molar-refractivity contribution in [2.24, 2.45) is 5.10 Å². The number of carbonyl (C=O) groups excluding carboxylic acids is 1. The molecule has 1 amide bonds. The summed E-state index contributed by atoms with van der Waals surface area (Å²) in [6.45, 7) is 3.22. The molecule has 0 spiro atoms. The summed E-state index contributed by atoms with van der Waals surface area (Å²) in [4.78, 5) is 22.4. The summed E-state index contributed by atoms with van der Waals surface area (Å²) in [5.41, 5.74) is 3.46. The van der Waals surface area contributed by atoms with Crippen molar-refractivity contribution in [1.29, 1.82) is 0 Å². The predicted molar refractivity (Wildman–Crippen MR) is 96.4 cm³/mol. The van der Waals surface area contributed by atoms with Crippen LogP contribution >= 0.6 is 11.6 Å². The number of hydrogen-bond acceptors (Lipinski definition) is 4. The summed E-state index contributed by atoms with van der Waals surface area (Å²) in [6.07, 6.45) is 1.86. The van der Waals surface area contributed by atoms with E-state index in [1.807, 2.05) is 12.1 Å². The molecule has 2 aromatic carbocycles. The Morgan fingerprint density at radius 1 is 1.20 bits per heavy atom. The average molecular weight is 356 g/mol. The van der Waals surface area contributed by atoms with Gasteiger partial charge in [-0.3, -0.25) is 14.9 Å². The first-order valence-corrected chi connectivity index (χ1v) is 7.87. The molecular formula is C18H14ClN3O3. The number of rotatable bonds is 2. The van der Waals surface area contributed by atoms with Gasteiger partial charge in [-0.2, -0.15) is 5.10 Å². The highest BCUT2D eigenvalue weighted by atomic mass is 35.5. The Balaban J connectivity index is 2.22. The summed E-state index contributed by atoms with van der Waals surface area (Å²) >= 11 is 6.14. The van der Waals surface area contributed by atoms with E-state index in [1.54, 1.807) is 31.2 Å². The van der Waals surface area contributed by atoms with Crippen LogP contribution in [0, 0.1) is 10.1 Å². The second kappa shape index (κ2) is 6.49. The van der Waals surface area contributed by atoms with Gasteiger partial charge in [0.15, 0.2) is 0 Å². The number of hydrogen-bond donors (Lipinski definition) is 0. The second-order valence-corrected chi connectivity index (χ2v) is 6.04. The molecule has 0 radical (unpaired) electrons. The number of hydrazone groups is 1. The molecule has 7 heteroatoms. The number of carbonyl (C=O) groups is 1. The summed E-state index contributed by atoms with van der Waals surface area (Å²) in [5, 5.41) is 17.2. The molecule has 0 fully saturated rings. The zero-order chi connectivity index (χ0) is 18.1. The van der Waals surface area contributed by atoms with Crippen molar-refractivity contribution >= 4 is 35.0 Å². The standard InChI is InChI=1S/C18H14ClN3O3/c1-11-9-14-3-6-15(19)10-17(14)18(20-21(11)12(2)23)13-4-7-16(8-5-13)22(24)25/h3-10H,1-2H3. The molecular weight excluding hydrogens is 342 g/mol. The van der Waals surface area contributed by atoms with Crippen molar-refractivity contribution in [1.82, 2.24) is 5.01 Å². The van der Waals surface area contributed by atoms with E-state index in [2.05, 4.69) is 5.10 Å². The van der Waals surface area contributed by atoms with Crippen LogP contribution in [0.5, 0.6) is 0 Å². The van der Waals surface area contributed by atoms with E-state index in [4.69, 9.17) is 11.6 Å². The lowest BCUT2D eigenvalue weighted by Gasteiger charge is -2.16. The monoisotopic (exact) mass is 355 g/mol. The molecule has 0 saturated carbocycles. The number of fused-ring (bicyclic) bond motifs is 1. The van der Waals surface area contributed by atoms with Gasteiger partial charge in [-0.15, -0.1) is 0 Å². The Labute approximate surface area is 149 Å². The van der Waals surface area contributed by atoms with Crippen molar-refractivity contribution < 1.29 is 9.72 Å². The Hall–Kier alpha value is -2.99. The van der Waals surface area contributed by atoms with Gasteiger partial charge in [0.05, 0.1) is 10.6 Å². The van der Waals surface area contributed by atoms with Gasteiger partial charge in [-0.25, -0.2) is 5.01 Å². The fourth-order valence-electron chi connectivity index (χ4n) is 2.65. The highest BCUT2D eigenvalue weighted by molar-refractivity contribution is 6.31. The molecule has 0 unspecified atom stereocenters. The number of nitro groups is 1. The number of benzene rings is 2. The van der Waals surface area contributed by atoms with Gasteiger partial charge in [0.2, 0.25) is 5.91 Å². The molecule has 1 aliphatic heterocycles. The minimum Gasteiger partial charge on any atom is -0.273 e. The summed E-state index contributed by atoms with van der Waals surface area (Å²) in [6, 6.07) is 11.4. The van der Waals surface area contributed by atoms with Gasteiger partial charge in [-0.1, -0.05) is 17.7 Å². The molecule has 0 N–H and O–H groups in total. The first-order chi connectivity index (χ1) is 11.9. The third-order valence-electron chi connectivity index (χ3n) is 3.82. The molecule has 1 heterocycles. The number of halogens is 1. The van der Waals surface area contributed by atoms with Crippen LogP contribution in [0.1, 0.15) is 30.5 Å². The van der Waals surface area contributed by atoms with Crippen molar-refractivity contribution in [3.8, 4) is 0 Å². The lowest BCUT2D eigenvalue weighted by molar-refractivity contribution is -0.384. The largest absolute Gasteiger partial charge is 0.273 e. The van der Waals surface area contributed by atoms with Gasteiger partial charge in [0.25, 0.3) is 5.69 Å². The van der Waals surface area contributed by atoms with Crippen LogP contribution in [0.15, 0.2) is 53.3 Å². The van der Waals surface area contributed by atoms with Gasteiger partial charge < -0.3 is 0 Å². The van der Waals surface area contributed by atoms with Crippen LogP contribution in [0.2, 0.25) is 5.02 Å². The topological polar surface area (TPSA) is 75.8 Å². The quantitative estimate of drug-likeness (QED) is 0.597. The molecule has 0 aliphatic carbocycles. The Morgan fingerprint density at radius 3 is 2.48 bits per heavy atom. The molecule has 126 valence electrons. The van der Waals surface area contributed by atoms with E-state index in [0.717, 1.165) is 11.1 Å². The molecule has 0 bridgehead atoms. The minimum atomic E-state index is -0.461. The van der Waals surface area contributed by atoms with E-state index < -0.39 is 4.92 Å². The number of amides is 1. The van der Waals surface area contributed by atoms with E-state index in [0.29, 0.717) is 22.0 Å².